The van der Waals surface area contributed by atoms with Crippen LogP contribution in [0.15, 0.2) is 24.5 Å². The molecular weight excluding hydrogens is 522 g/mol. The second-order valence-corrected chi connectivity index (χ2v) is 11.0. The summed E-state index contributed by atoms with van der Waals surface area (Å²) < 4.78 is 24.0. The molecule has 5 rings (SSSR count). The molecule has 4 aromatic heterocycles. The van der Waals surface area contributed by atoms with Crippen LogP contribution in [0.25, 0.3) is 28.8 Å². The number of methoxy groups -OCH3 is 1. The van der Waals surface area contributed by atoms with E-state index in [0.29, 0.717) is 38.0 Å². The number of pyridine rings is 1. The molecule has 1 aliphatic rings. The molecule has 5 heterocycles. The molecule has 0 fully saturated rings. The molecule has 0 amide bonds. The Morgan fingerprint density at radius 3 is 2.68 bits per heavy atom. The average molecular weight is 564 g/mol. The Kier molecular flexibility index (Phi) is 8.48. The van der Waals surface area contributed by atoms with Gasteiger partial charge in [-0.1, -0.05) is 13.0 Å². The van der Waals surface area contributed by atoms with Crippen molar-refractivity contribution in [3.05, 3.63) is 47.3 Å². The number of nitrogens with zero attached hydrogens (tertiary/aromatic N) is 7. The molecule has 1 aliphatic heterocycles. The minimum absolute atomic E-state index is 0.0575. The topological polar surface area (TPSA) is 104 Å². The lowest BCUT2D eigenvalue weighted by atomic mass is 10.1. The average Bonchev–Trinajstić information content (AvgIpc) is 3.54. The van der Waals surface area contributed by atoms with E-state index in [-0.39, 0.29) is 12.2 Å². The summed E-state index contributed by atoms with van der Waals surface area (Å²) in [5.74, 6) is 2.00. The van der Waals surface area contributed by atoms with Gasteiger partial charge in [0.25, 0.3) is 0 Å². The van der Waals surface area contributed by atoms with E-state index in [0.717, 1.165) is 46.0 Å². The summed E-state index contributed by atoms with van der Waals surface area (Å²) in [6.45, 7) is 12.7. The van der Waals surface area contributed by atoms with Crippen molar-refractivity contribution in [2.75, 3.05) is 20.2 Å². The van der Waals surface area contributed by atoms with E-state index in [1.54, 1.807) is 18.7 Å². The highest BCUT2D eigenvalue weighted by molar-refractivity contribution is 5.75. The number of ether oxygens (including phenoxy) is 3. The summed E-state index contributed by atoms with van der Waals surface area (Å²) in [6, 6.07) is 4.12. The molecule has 11 heteroatoms. The SMILES string of the molecule is CCN1Cc2c(c(OC(C)C)nn2C[C@H](C)O)/C=C/c2ncc3ccc(cn23)-c2c(COC)nn(C)c2O[C@@H](C)C1. The van der Waals surface area contributed by atoms with Crippen LogP contribution in [0.1, 0.15) is 57.4 Å². The smallest absolute Gasteiger partial charge is 0.240 e. The van der Waals surface area contributed by atoms with Crippen LogP contribution in [-0.4, -0.2) is 77.5 Å². The third-order valence-electron chi connectivity index (χ3n) is 7.09. The molecule has 0 spiro atoms. The number of hydrogen-bond acceptors (Lipinski definition) is 8. The monoisotopic (exact) mass is 563 g/mol. The van der Waals surface area contributed by atoms with Crippen molar-refractivity contribution in [2.24, 2.45) is 7.05 Å². The summed E-state index contributed by atoms with van der Waals surface area (Å²) in [4.78, 5) is 7.03. The maximum Gasteiger partial charge on any atom is 0.240 e. The number of aliphatic hydroxyl groups excluding tert-OH is 1. The van der Waals surface area contributed by atoms with Crippen molar-refractivity contribution in [2.45, 2.75) is 72.6 Å². The fraction of sp³-hybridized carbons (Fsp3) is 0.500. The van der Waals surface area contributed by atoms with Crippen molar-refractivity contribution in [3.63, 3.8) is 0 Å². The van der Waals surface area contributed by atoms with Gasteiger partial charge in [0.15, 0.2) is 0 Å². The first-order valence-corrected chi connectivity index (χ1v) is 14.2. The normalized spacial score (nSPS) is 17.6. The molecule has 2 atom stereocenters. The fourth-order valence-corrected chi connectivity index (χ4v) is 5.30. The molecule has 0 aromatic carbocycles. The van der Waals surface area contributed by atoms with Crippen LogP contribution in [0.2, 0.25) is 0 Å². The van der Waals surface area contributed by atoms with E-state index >= 15 is 0 Å². The lowest BCUT2D eigenvalue weighted by molar-refractivity contribution is 0.131. The predicted molar refractivity (Wildman–Crippen MR) is 158 cm³/mol. The minimum Gasteiger partial charge on any atom is -0.473 e. The highest BCUT2D eigenvalue weighted by atomic mass is 16.5. The number of hydrogen-bond donors (Lipinski definition) is 1. The Bertz CT molecular complexity index is 1530. The minimum atomic E-state index is -0.567. The molecule has 220 valence electrons. The van der Waals surface area contributed by atoms with E-state index in [4.69, 9.17) is 29.4 Å². The lowest BCUT2D eigenvalue weighted by Gasteiger charge is -2.26. The first kappa shape index (κ1) is 28.8. The quantitative estimate of drug-likeness (QED) is 0.360. The summed E-state index contributed by atoms with van der Waals surface area (Å²) in [5, 5.41) is 19.8. The van der Waals surface area contributed by atoms with Gasteiger partial charge in [-0.25, -0.2) is 9.67 Å². The molecule has 41 heavy (non-hydrogen) atoms. The van der Waals surface area contributed by atoms with Crippen molar-refractivity contribution >= 4 is 17.7 Å². The maximum atomic E-state index is 10.3. The van der Waals surface area contributed by atoms with E-state index in [9.17, 15) is 5.11 Å². The molecule has 0 aliphatic carbocycles. The number of fused-ring (bicyclic) bond motifs is 4. The Morgan fingerprint density at radius 1 is 1.17 bits per heavy atom. The van der Waals surface area contributed by atoms with Gasteiger partial charge in [0, 0.05) is 39.0 Å². The Labute approximate surface area is 241 Å². The zero-order valence-electron chi connectivity index (χ0n) is 25.0. The van der Waals surface area contributed by atoms with E-state index < -0.39 is 6.10 Å². The third-order valence-corrected chi connectivity index (χ3v) is 7.09. The fourth-order valence-electron chi connectivity index (χ4n) is 5.30. The number of aromatic nitrogens is 6. The van der Waals surface area contributed by atoms with E-state index in [1.165, 1.54) is 0 Å². The molecular formula is C30H41N7O4. The Morgan fingerprint density at radius 2 is 1.98 bits per heavy atom. The first-order chi connectivity index (χ1) is 19.7. The Balaban J connectivity index is 1.72. The number of aryl methyl sites for hydroxylation is 1. The zero-order valence-corrected chi connectivity index (χ0v) is 25.0. The number of likely N-dealkylation sites (N-methyl/N-ethyl adjacent to an activating group) is 1. The molecule has 2 bridgehead atoms. The van der Waals surface area contributed by atoms with Gasteiger partial charge in [0.1, 0.15) is 11.9 Å². The summed E-state index contributed by atoms with van der Waals surface area (Å²) >= 11 is 0. The molecule has 0 unspecified atom stereocenters. The molecule has 0 saturated carbocycles. The standard InChI is InChI=1S/C30H41N7O4/c1-8-35-15-21(5)41-30-28(25(18-39-7)32-34(30)6)22-9-10-23-13-31-27(36(23)16-22)12-11-24-26(17-35)37(14-20(4)38)33-29(24)40-19(2)3/h9-13,16,19-21,38H,8,14-15,17-18H2,1-7H3/b12-11+/t20-,21-/m0/s1. The summed E-state index contributed by atoms with van der Waals surface area (Å²) in [5.41, 5.74) is 5.49. The number of imidazole rings is 1. The van der Waals surface area contributed by atoms with Crippen molar-refractivity contribution in [1.82, 2.24) is 33.8 Å². The summed E-state index contributed by atoms with van der Waals surface area (Å²) in [6.07, 6.45) is 7.17. The third kappa shape index (κ3) is 6.02. The molecule has 4 aromatic rings. The van der Waals surface area contributed by atoms with Gasteiger partial charge in [0.2, 0.25) is 11.8 Å². The molecule has 0 radical (unpaired) electrons. The van der Waals surface area contributed by atoms with Crippen LogP contribution in [0.3, 0.4) is 0 Å². The van der Waals surface area contributed by atoms with Gasteiger partial charge in [-0.3, -0.25) is 14.0 Å². The highest BCUT2D eigenvalue weighted by Crippen LogP contribution is 2.35. The van der Waals surface area contributed by atoms with Crippen LogP contribution in [-0.2, 0) is 31.5 Å². The zero-order chi connectivity index (χ0) is 29.3. The van der Waals surface area contributed by atoms with Gasteiger partial charge in [-0.15, -0.1) is 5.10 Å². The van der Waals surface area contributed by atoms with Crippen molar-refractivity contribution in [3.8, 4) is 22.9 Å². The molecule has 0 saturated heterocycles. The van der Waals surface area contributed by atoms with Crippen LogP contribution in [0.4, 0.5) is 0 Å². The largest absolute Gasteiger partial charge is 0.473 e. The number of rotatable bonds is 7. The maximum absolute atomic E-state index is 10.3. The van der Waals surface area contributed by atoms with Crippen LogP contribution in [0, 0.1) is 0 Å². The lowest BCUT2D eigenvalue weighted by Crippen LogP contribution is -2.35. The van der Waals surface area contributed by atoms with Crippen LogP contribution < -0.4 is 9.47 Å². The van der Waals surface area contributed by atoms with Crippen LogP contribution >= 0.6 is 0 Å². The number of aliphatic hydroxyl groups is 1. The highest BCUT2D eigenvalue weighted by Gasteiger charge is 2.25. The molecule has 1 N–H and O–H groups in total. The van der Waals surface area contributed by atoms with Crippen molar-refractivity contribution < 1.29 is 19.3 Å². The predicted octanol–water partition coefficient (Wildman–Crippen LogP) is 4.02. The van der Waals surface area contributed by atoms with E-state index in [2.05, 4.69) is 35.4 Å². The van der Waals surface area contributed by atoms with Crippen LogP contribution in [0.5, 0.6) is 11.8 Å². The first-order valence-electron chi connectivity index (χ1n) is 14.2. The van der Waals surface area contributed by atoms with Gasteiger partial charge in [0.05, 0.1) is 59.6 Å². The van der Waals surface area contributed by atoms with Crippen molar-refractivity contribution in [1.29, 1.82) is 0 Å². The van der Waals surface area contributed by atoms with Gasteiger partial charge in [-0.2, -0.15) is 5.10 Å². The van der Waals surface area contributed by atoms with Gasteiger partial charge in [-0.05, 0) is 52.5 Å². The van der Waals surface area contributed by atoms with E-state index in [1.807, 2.05) is 50.0 Å². The Hall–Kier alpha value is -3.67. The van der Waals surface area contributed by atoms with Gasteiger partial charge >= 0.3 is 0 Å². The molecule has 11 nitrogen and oxygen atoms in total. The second kappa shape index (κ2) is 12.1. The second-order valence-electron chi connectivity index (χ2n) is 11.0. The summed E-state index contributed by atoms with van der Waals surface area (Å²) in [7, 11) is 3.57. The van der Waals surface area contributed by atoms with Gasteiger partial charge < -0.3 is 19.3 Å².